The topological polar surface area (TPSA) is 75.4 Å². The molecule has 1 aromatic rings. The van der Waals surface area contributed by atoms with Crippen LogP contribution in [-0.4, -0.2) is 31.9 Å². The van der Waals surface area contributed by atoms with Gasteiger partial charge in [0, 0.05) is 25.2 Å². The summed E-state index contributed by atoms with van der Waals surface area (Å²) in [6, 6.07) is 2.40. The molecule has 1 fully saturated rings. The third kappa shape index (κ3) is 3.25. The first-order valence-corrected chi connectivity index (χ1v) is 7.83. The van der Waals surface area contributed by atoms with Gasteiger partial charge in [-0.25, -0.2) is 8.78 Å². The highest BCUT2D eigenvalue weighted by Crippen LogP contribution is 2.23. The molecule has 1 atom stereocenters. The second-order valence-corrected chi connectivity index (χ2v) is 6.35. The Bertz CT molecular complexity index is 580. The third-order valence-corrected chi connectivity index (χ3v) is 4.90. The Morgan fingerprint density at radius 3 is 2.75 bits per heavy atom. The van der Waals surface area contributed by atoms with E-state index in [9.17, 15) is 17.2 Å². The molecule has 1 aliphatic heterocycles. The predicted octanol–water partition coefficient (Wildman–Crippen LogP) is 1.43. The van der Waals surface area contributed by atoms with Gasteiger partial charge >= 0.3 is 10.2 Å². The van der Waals surface area contributed by atoms with Crippen LogP contribution in [0.3, 0.4) is 0 Å². The predicted molar refractivity (Wildman–Crippen MR) is 72.3 cm³/mol. The summed E-state index contributed by atoms with van der Waals surface area (Å²) in [5.74, 6) is -1.71. The van der Waals surface area contributed by atoms with Gasteiger partial charge in [-0.1, -0.05) is 6.42 Å². The van der Waals surface area contributed by atoms with Gasteiger partial charge in [-0.15, -0.1) is 0 Å². The quantitative estimate of drug-likeness (QED) is 0.883. The van der Waals surface area contributed by atoms with Crippen molar-refractivity contribution in [3.8, 4) is 0 Å². The average molecular weight is 305 g/mol. The van der Waals surface area contributed by atoms with Crippen LogP contribution in [0.25, 0.3) is 0 Å². The molecular weight excluding hydrogens is 288 g/mol. The molecule has 8 heteroatoms. The first-order valence-electron chi connectivity index (χ1n) is 6.39. The molecule has 20 heavy (non-hydrogen) atoms. The molecule has 0 amide bonds. The van der Waals surface area contributed by atoms with E-state index in [4.69, 9.17) is 5.73 Å². The van der Waals surface area contributed by atoms with Gasteiger partial charge in [0.15, 0.2) is 0 Å². The Morgan fingerprint density at radius 2 is 2.10 bits per heavy atom. The molecular formula is C12H17F2N3O2S. The minimum atomic E-state index is -3.89. The summed E-state index contributed by atoms with van der Waals surface area (Å²) in [5, 5.41) is 0. The van der Waals surface area contributed by atoms with Crippen molar-refractivity contribution in [3.05, 3.63) is 29.8 Å². The number of hydrogen-bond donors (Lipinski definition) is 2. The van der Waals surface area contributed by atoms with E-state index in [-0.39, 0.29) is 18.3 Å². The second-order valence-electron chi connectivity index (χ2n) is 4.73. The van der Waals surface area contributed by atoms with Gasteiger partial charge in [0.05, 0.1) is 5.69 Å². The number of nitrogens with two attached hydrogens (primary N) is 1. The Labute approximate surface area is 116 Å². The maximum Gasteiger partial charge on any atom is 0.302 e. The number of piperidine rings is 1. The minimum Gasteiger partial charge on any atom is -0.329 e. The number of nitrogens with one attached hydrogen (secondary N) is 1. The van der Waals surface area contributed by atoms with E-state index in [0.717, 1.165) is 25.0 Å². The average Bonchev–Trinajstić information content (AvgIpc) is 2.42. The number of nitrogens with zero attached hydrogens (tertiary/aromatic N) is 1. The molecule has 5 nitrogen and oxygen atoms in total. The van der Waals surface area contributed by atoms with Crippen molar-refractivity contribution in [2.45, 2.75) is 25.3 Å². The van der Waals surface area contributed by atoms with Crippen LogP contribution < -0.4 is 10.5 Å². The fourth-order valence-corrected chi connectivity index (χ4v) is 3.81. The zero-order valence-corrected chi connectivity index (χ0v) is 11.7. The molecule has 1 aliphatic rings. The molecule has 0 radical (unpaired) electrons. The van der Waals surface area contributed by atoms with Gasteiger partial charge in [0.1, 0.15) is 11.6 Å². The zero-order valence-electron chi connectivity index (χ0n) is 10.9. The molecule has 0 bridgehead atoms. The van der Waals surface area contributed by atoms with Gasteiger partial charge in [0.25, 0.3) is 0 Å². The van der Waals surface area contributed by atoms with E-state index in [0.29, 0.717) is 19.0 Å². The lowest BCUT2D eigenvalue weighted by atomic mass is 10.1. The molecule has 112 valence electrons. The SMILES string of the molecule is NCC1CCCCN1S(=O)(=O)Nc1ccc(F)cc1F. The zero-order chi connectivity index (χ0) is 14.8. The van der Waals surface area contributed by atoms with Gasteiger partial charge in [0.2, 0.25) is 0 Å². The molecule has 3 N–H and O–H groups in total. The smallest absolute Gasteiger partial charge is 0.302 e. The molecule has 1 heterocycles. The van der Waals surface area contributed by atoms with Crippen molar-refractivity contribution in [3.63, 3.8) is 0 Å². The van der Waals surface area contributed by atoms with E-state index in [1.807, 2.05) is 0 Å². The largest absolute Gasteiger partial charge is 0.329 e. The Hall–Kier alpha value is -1.25. The monoisotopic (exact) mass is 305 g/mol. The number of anilines is 1. The summed E-state index contributed by atoms with van der Waals surface area (Å²) in [5.41, 5.74) is 5.31. The summed E-state index contributed by atoms with van der Waals surface area (Å²) >= 11 is 0. The lowest BCUT2D eigenvalue weighted by molar-refractivity contribution is 0.259. The van der Waals surface area contributed by atoms with Gasteiger partial charge in [-0.3, -0.25) is 4.72 Å². The van der Waals surface area contributed by atoms with Crippen LogP contribution in [0, 0.1) is 11.6 Å². The third-order valence-electron chi connectivity index (χ3n) is 3.32. The van der Waals surface area contributed by atoms with E-state index >= 15 is 0 Å². The van der Waals surface area contributed by atoms with Crippen LogP contribution in [0.4, 0.5) is 14.5 Å². The molecule has 1 aromatic carbocycles. The van der Waals surface area contributed by atoms with Crippen molar-refractivity contribution in [2.24, 2.45) is 5.73 Å². The molecule has 0 spiro atoms. The fraction of sp³-hybridized carbons (Fsp3) is 0.500. The maximum absolute atomic E-state index is 13.5. The van der Waals surface area contributed by atoms with Crippen molar-refractivity contribution in [2.75, 3.05) is 17.8 Å². The Balaban J connectivity index is 2.21. The van der Waals surface area contributed by atoms with Crippen LogP contribution in [0.2, 0.25) is 0 Å². The molecule has 0 aliphatic carbocycles. The van der Waals surface area contributed by atoms with E-state index in [1.54, 1.807) is 0 Å². The molecule has 2 rings (SSSR count). The van der Waals surface area contributed by atoms with E-state index in [1.165, 1.54) is 4.31 Å². The number of benzene rings is 1. The second kappa shape index (κ2) is 6.02. The summed E-state index contributed by atoms with van der Waals surface area (Å²) in [6.07, 6.45) is 2.34. The van der Waals surface area contributed by atoms with Crippen molar-refractivity contribution < 1.29 is 17.2 Å². The number of halogens is 2. The summed E-state index contributed by atoms with van der Waals surface area (Å²) < 4.78 is 54.2. The van der Waals surface area contributed by atoms with Crippen LogP contribution in [0.5, 0.6) is 0 Å². The van der Waals surface area contributed by atoms with Crippen molar-refractivity contribution >= 4 is 15.9 Å². The maximum atomic E-state index is 13.5. The number of rotatable bonds is 4. The van der Waals surface area contributed by atoms with Crippen molar-refractivity contribution in [1.82, 2.24) is 4.31 Å². The van der Waals surface area contributed by atoms with Crippen LogP contribution in [0.1, 0.15) is 19.3 Å². The lowest BCUT2D eigenvalue weighted by Gasteiger charge is -2.33. The molecule has 0 saturated carbocycles. The summed E-state index contributed by atoms with van der Waals surface area (Å²) in [7, 11) is -3.89. The van der Waals surface area contributed by atoms with Crippen molar-refractivity contribution in [1.29, 1.82) is 0 Å². The number of hydrogen-bond acceptors (Lipinski definition) is 3. The molecule has 1 saturated heterocycles. The van der Waals surface area contributed by atoms with Gasteiger partial charge in [-0.05, 0) is 25.0 Å². The standard InChI is InChI=1S/C12H17F2N3O2S/c13-9-4-5-12(11(14)7-9)16-20(18,19)17-6-2-1-3-10(17)8-15/h4-5,7,10,16H,1-3,6,8,15H2. The van der Waals surface area contributed by atoms with Crippen LogP contribution in [0.15, 0.2) is 18.2 Å². The first-order chi connectivity index (χ1) is 9.44. The van der Waals surface area contributed by atoms with Gasteiger partial charge < -0.3 is 5.73 Å². The normalized spacial score (nSPS) is 20.9. The summed E-state index contributed by atoms with van der Waals surface area (Å²) in [6.45, 7) is 0.562. The van der Waals surface area contributed by atoms with Gasteiger partial charge in [-0.2, -0.15) is 12.7 Å². The highest BCUT2D eigenvalue weighted by atomic mass is 32.2. The Morgan fingerprint density at radius 1 is 1.35 bits per heavy atom. The Kier molecular flexibility index (Phi) is 4.56. The highest BCUT2D eigenvalue weighted by Gasteiger charge is 2.31. The molecule has 0 aromatic heterocycles. The van der Waals surface area contributed by atoms with E-state index in [2.05, 4.69) is 4.72 Å². The van der Waals surface area contributed by atoms with Crippen LogP contribution >= 0.6 is 0 Å². The lowest BCUT2D eigenvalue weighted by Crippen LogP contribution is -2.49. The first kappa shape index (κ1) is 15.1. The highest BCUT2D eigenvalue weighted by molar-refractivity contribution is 7.90. The minimum absolute atomic E-state index is 0.215. The van der Waals surface area contributed by atoms with E-state index < -0.39 is 21.8 Å². The fourth-order valence-electron chi connectivity index (χ4n) is 2.30. The summed E-state index contributed by atoms with van der Waals surface area (Å²) in [4.78, 5) is 0. The van der Waals surface area contributed by atoms with Crippen LogP contribution in [-0.2, 0) is 10.2 Å². The molecule has 1 unspecified atom stereocenters.